The highest BCUT2D eigenvalue weighted by Gasteiger charge is 2.07. The second kappa shape index (κ2) is 5.67. The topological polar surface area (TPSA) is 47.0 Å². The number of esters is 1. The number of carbonyl (C=O) groups is 1. The Balaban J connectivity index is 2.27. The zero-order valence-corrected chi connectivity index (χ0v) is 12.3. The molecule has 0 unspecified atom stereocenters. The lowest BCUT2D eigenvalue weighted by Crippen LogP contribution is -2.09. The van der Waals surface area contributed by atoms with Gasteiger partial charge in [-0.2, -0.15) is 0 Å². The van der Waals surface area contributed by atoms with Crippen molar-refractivity contribution < 1.29 is 9.53 Å². The van der Waals surface area contributed by atoms with Gasteiger partial charge >= 0.3 is 5.97 Å². The largest absolute Gasteiger partial charge is 0.466 e. The Bertz CT molecular complexity index is 633. The van der Waals surface area contributed by atoms with Crippen LogP contribution in [0.4, 0.5) is 0 Å². The molecule has 1 heterocycles. The quantitative estimate of drug-likeness (QED) is 0.691. The number of ether oxygens (including phenoxy) is 1. The van der Waals surface area contributed by atoms with Gasteiger partial charge in [0.25, 0.3) is 0 Å². The van der Waals surface area contributed by atoms with E-state index in [9.17, 15) is 4.79 Å². The lowest BCUT2D eigenvalue weighted by molar-refractivity contribution is -0.143. The molecule has 0 fully saturated rings. The summed E-state index contributed by atoms with van der Waals surface area (Å²) in [4.78, 5) is 14.5. The average molecular weight is 329 g/mol. The predicted molar refractivity (Wildman–Crippen MR) is 76.1 cm³/mol. The first-order chi connectivity index (χ1) is 8.61. The first-order valence-corrected chi connectivity index (χ1v) is 6.85. The number of rotatable bonds is 4. The van der Waals surface area contributed by atoms with Gasteiger partial charge in [0.15, 0.2) is 4.77 Å². The standard InChI is InChI=1S/C12H13BrN2O2S/c1-2-17-11(16)5-6-15-10-7-8(13)3-4-9(10)14-12(15)18/h3-4,7H,2,5-6H2,1H3,(H,14,18). The molecule has 0 aliphatic carbocycles. The molecule has 2 rings (SSSR count). The Morgan fingerprint density at radius 1 is 1.56 bits per heavy atom. The van der Waals surface area contributed by atoms with E-state index in [1.165, 1.54) is 0 Å². The van der Waals surface area contributed by atoms with Crippen LogP contribution in [0, 0.1) is 4.77 Å². The summed E-state index contributed by atoms with van der Waals surface area (Å²) >= 11 is 8.68. The van der Waals surface area contributed by atoms with Crippen molar-refractivity contribution in [3.05, 3.63) is 27.4 Å². The summed E-state index contributed by atoms with van der Waals surface area (Å²) in [5.74, 6) is -0.205. The highest BCUT2D eigenvalue weighted by atomic mass is 79.9. The van der Waals surface area contributed by atoms with E-state index in [0.29, 0.717) is 24.3 Å². The van der Waals surface area contributed by atoms with E-state index in [-0.39, 0.29) is 5.97 Å². The predicted octanol–water partition coefficient (Wildman–Crippen LogP) is 3.41. The number of hydrogen-bond donors (Lipinski definition) is 1. The molecule has 0 saturated heterocycles. The fraction of sp³-hybridized carbons (Fsp3) is 0.333. The second-order valence-electron chi connectivity index (χ2n) is 3.80. The number of imidazole rings is 1. The Kier molecular flexibility index (Phi) is 4.19. The highest BCUT2D eigenvalue weighted by molar-refractivity contribution is 9.10. The average Bonchev–Trinajstić information content (AvgIpc) is 2.62. The minimum atomic E-state index is -0.205. The Labute approximate surface area is 118 Å². The summed E-state index contributed by atoms with van der Waals surface area (Å²) < 4.78 is 8.42. The molecule has 0 saturated carbocycles. The Hall–Kier alpha value is -1.14. The third-order valence-electron chi connectivity index (χ3n) is 2.58. The SMILES string of the molecule is CCOC(=O)CCn1c(=S)[nH]c2ccc(Br)cc21. The molecule has 2 aromatic rings. The summed E-state index contributed by atoms with van der Waals surface area (Å²) in [7, 11) is 0. The zero-order chi connectivity index (χ0) is 13.1. The van der Waals surface area contributed by atoms with Crippen molar-refractivity contribution >= 4 is 45.2 Å². The van der Waals surface area contributed by atoms with Crippen molar-refractivity contribution in [3.8, 4) is 0 Å². The molecule has 0 aliphatic rings. The number of nitrogens with zero attached hydrogens (tertiary/aromatic N) is 1. The first kappa shape index (κ1) is 13.3. The monoisotopic (exact) mass is 328 g/mol. The van der Waals surface area contributed by atoms with Gasteiger partial charge in [-0.15, -0.1) is 0 Å². The van der Waals surface area contributed by atoms with Crippen molar-refractivity contribution in [2.75, 3.05) is 6.61 Å². The maximum absolute atomic E-state index is 11.4. The number of H-pyrrole nitrogens is 1. The van der Waals surface area contributed by atoms with E-state index < -0.39 is 0 Å². The fourth-order valence-electron chi connectivity index (χ4n) is 1.78. The van der Waals surface area contributed by atoms with Crippen LogP contribution in [0.2, 0.25) is 0 Å². The van der Waals surface area contributed by atoms with Gasteiger partial charge in [-0.3, -0.25) is 4.79 Å². The summed E-state index contributed by atoms with van der Waals surface area (Å²) in [6.45, 7) is 2.73. The van der Waals surface area contributed by atoms with Crippen LogP contribution in [0.3, 0.4) is 0 Å². The van der Waals surface area contributed by atoms with Gasteiger partial charge in [-0.05, 0) is 37.3 Å². The molecule has 0 spiro atoms. The lowest BCUT2D eigenvalue weighted by atomic mass is 10.3. The Morgan fingerprint density at radius 3 is 3.06 bits per heavy atom. The van der Waals surface area contributed by atoms with Crippen LogP contribution in [-0.2, 0) is 16.1 Å². The van der Waals surface area contributed by atoms with Crippen LogP contribution in [0.1, 0.15) is 13.3 Å². The summed E-state index contributed by atoms with van der Waals surface area (Å²) in [5, 5.41) is 0. The number of halogens is 1. The zero-order valence-electron chi connectivity index (χ0n) is 9.90. The lowest BCUT2D eigenvalue weighted by Gasteiger charge is -2.04. The number of aromatic amines is 1. The van der Waals surface area contributed by atoms with E-state index in [0.717, 1.165) is 15.5 Å². The van der Waals surface area contributed by atoms with E-state index in [1.54, 1.807) is 6.92 Å². The van der Waals surface area contributed by atoms with Crippen molar-refractivity contribution in [3.63, 3.8) is 0 Å². The molecule has 0 bridgehead atoms. The van der Waals surface area contributed by atoms with E-state index in [2.05, 4.69) is 20.9 Å². The van der Waals surface area contributed by atoms with Crippen molar-refractivity contribution in [1.29, 1.82) is 0 Å². The molecule has 0 amide bonds. The molecular weight excluding hydrogens is 316 g/mol. The van der Waals surface area contributed by atoms with Gasteiger partial charge in [0.05, 0.1) is 24.1 Å². The molecule has 18 heavy (non-hydrogen) atoms. The number of fused-ring (bicyclic) bond motifs is 1. The van der Waals surface area contributed by atoms with Crippen LogP contribution in [0.25, 0.3) is 11.0 Å². The molecule has 1 aromatic heterocycles. The van der Waals surface area contributed by atoms with Crippen molar-refractivity contribution in [2.45, 2.75) is 19.9 Å². The first-order valence-electron chi connectivity index (χ1n) is 5.65. The smallest absolute Gasteiger partial charge is 0.307 e. The highest BCUT2D eigenvalue weighted by Crippen LogP contribution is 2.20. The van der Waals surface area contributed by atoms with Crippen LogP contribution >= 0.6 is 28.1 Å². The van der Waals surface area contributed by atoms with Crippen molar-refractivity contribution in [2.24, 2.45) is 0 Å². The van der Waals surface area contributed by atoms with Crippen LogP contribution in [0.5, 0.6) is 0 Å². The van der Waals surface area contributed by atoms with Gasteiger partial charge in [0.2, 0.25) is 0 Å². The van der Waals surface area contributed by atoms with Gasteiger partial charge in [-0.25, -0.2) is 0 Å². The molecule has 0 aliphatic heterocycles. The summed E-state index contributed by atoms with van der Waals surface area (Å²) in [6, 6.07) is 5.88. The third kappa shape index (κ3) is 2.81. The molecule has 0 radical (unpaired) electrons. The molecular formula is C12H13BrN2O2S. The number of aryl methyl sites for hydroxylation is 1. The maximum Gasteiger partial charge on any atom is 0.307 e. The van der Waals surface area contributed by atoms with Gasteiger partial charge in [0, 0.05) is 11.0 Å². The van der Waals surface area contributed by atoms with E-state index in [4.69, 9.17) is 17.0 Å². The minimum absolute atomic E-state index is 0.205. The van der Waals surface area contributed by atoms with Crippen LogP contribution in [0.15, 0.2) is 22.7 Å². The van der Waals surface area contributed by atoms with Crippen molar-refractivity contribution in [1.82, 2.24) is 9.55 Å². The summed E-state index contributed by atoms with van der Waals surface area (Å²) in [5.41, 5.74) is 1.95. The van der Waals surface area contributed by atoms with Gasteiger partial charge in [0.1, 0.15) is 0 Å². The number of benzene rings is 1. The normalized spacial score (nSPS) is 10.8. The van der Waals surface area contributed by atoms with Crippen LogP contribution < -0.4 is 0 Å². The summed E-state index contributed by atoms with van der Waals surface area (Å²) in [6.07, 6.45) is 0.321. The number of nitrogens with one attached hydrogen (secondary N) is 1. The molecule has 6 heteroatoms. The Morgan fingerprint density at radius 2 is 2.33 bits per heavy atom. The third-order valence-corrected chi connectivity index (χ3v) is 3.40. The molecule has 0 atom stereocenters. The number of hydrogen-bond acceptors (Lipinski definition) is 3. The van der Waals surface area contributed by atoms with Gasteiger partial charge < -0.3 is 14.3 Å². The molecule has 1 N–H and O–H groups in total. The van der Waals surface area contributed by atoms with Crippen LogP contribution in [-0.4, -0.2) is 22.1 Å². The fourth-order valence-corrected chi connectivity index (χ4v) is 2.43. The number of aromatic nitrogens is 2. The van der Waals surface area contributed by atoms with E-state index in [1.807, 2.05) is 22.8 Å². The molecule has 96 valence electrons. The van der Waals surface area contributed by atoms with Gasteiger partial charge in [-0.1, -0.05) is 15.9 Å². The second-order valence-corrected chi connectivity index (χ2v) is 5.10. The molecule has 1 aromatic carbocycles. The number of carbonyl (C=O) groups excluding carboxylic acids is 1. The van der Waals surface area contributed by atoms with E-state index >= 15 is 0 Å². The minimum Gasteiger partial charge on any atom is -0.466 e. The maximum atomic E-state index is 11.4. The molecule has 4 nitrogen and oxygen atoms in total.